The van der Waals surface area contributed by atoms with Crippen LogP contribution in [-0.4, -0.2) is 19.0 Å². The summed E-state index contributed by atoms with van der Waals surface area (Å²) >= 11 is 3.54. The molecule has 0 saturated carbocycles. The monoisotopic (exact) mass is 324 g/mol. The first kappa shape index (κ1) is 14.5. The van der Waals surface area contributed by atoms with E-state index in [0.717, 1.165) is 35.2 Å². The summed E-state index contributed by atoms with van der Waals surface area (Å²) in [5, 5.41) is 6.40. The molecule has 0 aromatic heterocycles. The second-order valence-electron chi connectivity index (χ2n) is 5.63. The third-order valence-electron chi connectivity index (χ3n) is 4.19. The Kier molecular flexibility index (Phi) is 4.31. The first-order valence-corrected chi connectivity index (χ1v) is 7.54. The quantitative estimate of drug-likeness (QED) is 0.895. The maximum absolute atomic E-state index is 12.7. The highest BCUT2D eigenvalue weighted by atomic mass is 79.9. The Morgan fingerprint density at radius 3 is 2.79 bits per heavy atom. The van der Waals surface area contributed by atoms with Crippen molar-refractivity contribution in [1.29, 1.82) is 0 Å². The number of hydrogen-bond acceptors (Lipinski definition) is 2. The number of hydrogen-bond donors (Lipinski definition) is 2. The molecule has 1 amide bonds. The second-order valence-corrected chi connectivity index (χ2v) is 6.42. The van der Waals surface area contributed by atoms with E-state index in [2.05, 4.69) is 40.4 Å². The third-order valence-corrected chi connectivity index (χ3v) is 5.24. The van der Waals surface area contributed by atoms with E-state index < -0.39 is 0 Å². The fourth-order valence-electron chi connectivity index (χ4n) is 2.65. The van der Waals surface area contributed by atoms with E-state index >= 15 is 0 Å². The smallest absolute Gasteiger partial charge is 0.232 e. The molecule has 1 heterocycles. The Morgan fingerprint density at radius 1 is 1.47 bits per heavy atom. The molecule has 1 aromatic rings. The van der Waals surface area contributed by atoms with Gasteiger partial charge in [0.05, 0.1) is 11.1 Å². The van der Waals surface area contributed by atoms with Crippen LogP contribution in [0.5, 0.6) is 0 Å². The van der Waals surface area contributed by atoms with Crippen LogP contribution in [0.3, 0.4) is 0 Å². The van der Waals surface area contributed by atoms with Crippen molar-refractivity contribution >= 4 is 27.5 Å². The Morgan fingerprint density at radius 2 is 2.21 bits per heavy atom. The Bertz CT molecular complexity index is 479. The van der Waals surface area contributed by atoms with Gasteiger partial charge in [-0.1, -0.05) is 26.0 Å². The molecule has 3 nitrogen and oxygen atoms in total. The average molecular weight is 325 g/mol. The van der Waals surface area contributed by atoms with Crippen molar-refractivity contribution in [2.24, 2.45) is 11.3 Å². The number of carbonyl (C=O) groups is 1. The number of benzene rings is 1. The van der Waals surface area contributed by atoms with Crippen molar-refractivity contribution in [3.8, 4) is 0 Å². The molecular weight excluding hydrogens is 304 g/mol. The van der Waals surface area contributed by atoms with Gasteiger partial charge in [-0.05, 0) is 53.4 Å². The number of anilines is 1. The van der Waals surface area contributed by atoms with E-state index in [1.54, 1.807) is 0 Å². The van der Waals surface area contributed by atoms with Crippen molar-refractivity contribution in [1.82, 2.24) is 5.32 Å². The van der Waals surface area contributed by atoms with Crippen LogP contribution in [0.1, 0.15) is 25.8 Å². The van der Waals surface area contributed by atoms with Crippen LogP contribution in [-0.2, 0) is 4.79 Å². The fraction of sp³-hybridized carbons (Fsp3) is 0.533. The largest absolute Gasteiger partial charge is 0.325 e. The lowest BCUT2D eigenvalue weighted by Gasteiger charge is -2.31. The van der Waals surface area contributed by atoms with Crippen LogP contribution in [0.15, 0.2) is 22.7 Å². The van der Waals surface area contributed by atoms with Crippen molar-refractivity contribution in [3.05, 3.63) is 28.2 Å². The first-order valence-electron chi connectivity index (χ1n) is 6.74. The minimum Gasteiger partial charge on any atom is -0.325 e. The maximum atomic E-state index is 12.7. The molecule has 1 fully saturated rings. The topological polar surface area (TPSA) is 41.1 Å². The van der Waals surface area contributed by atoms with Crippen molar-refractivity contribution in [2.45, 2.75) is 27.2 Å². The summed E-state index contributed by atoms with van der Waals surface area (Å²) in [5.41, 5.74) is 1.70. The van der Waals surface area contributed by atoms with Gasteiger partial charge in [0.15, 0.2) is 0 Å². The summed E-state index contributed by atoms with van der Waals surface area (Å²) < 4.78 is 0.966. The van der Waals surface area contributed by atoms with Gasteiger partial charge < -0.3 is 10.6 Å². The van der Waals surface area contributed by atoms with E-state index in [4.69, 9.17) is 0 Å². The summed E-state index contributed by atoms with van der Waals surface area (Å²) in [5.74, 6) is 0.449. The van der Waals surface area contributed by atoms with Gasteiger partial charge in [0.1, 0.15) is 0 Å². The summed E-state index contributed by atoms with van der Waals surface area (Å²) in [4.78, 5) is 12.7. The molecule has 1 aromatic carbocycles. The van der Waals surface area contributed by atoms with Crippen LogP contribution >= 0.6 is 15.9 Å². The first-order chi connectivity index (χ1) is 8.97. The molecular formula is C15H21BrN2O. The molecule has 4 heteroatoms. The van der Waals surface area contributed by atoms with Crippen molar-refractivity contribution in [3.63, 3.8) is 0 Å². The normalized spacial score (nSPS) is 22.8. The van der Waals surface area contributed by atoms with Gasteiger partial charge in [-0.2, -0.15) is 0 Å². The van der Waals surface area contributed by atoms with Gasteiger partial charge >= 0.3 is 0 Å². The molecule has 1 saturated heterocycles. The molecule has 0 radical (unpaired) electrons. The maximum Gasteiger partial charge on any atom is 0.232 e. The van der Waals surface area contributed by atoms with Gasteiger partial charge in [0, 0.05) is 11.0 Å². The second kappa shape index (κ2) is 5.63. The third kappa shape index (κ3) is 2.70. The van der Waals surface area contributed by atoms with Gasteiger partial charge in [0.2, 0.25) is 5.91 Å². The van der Waals surface area contributed by atoms with E-state index in [-0.39, 0.29) is 11.3 Å². The average Bonchev–Trinajstić information content (AvgIpc) is 2.85. The van der Waals surface area contributed by atoms with Crippen LogP contribution in [0.25, 0.3) is 0 Å². The molecule has 0 spiro atoms. The number of rotatable bonds is 3. The van der Waals surface area contributed by atoms with Gasteiger partial charge in [-0.3, -0.25) is 4.79 Å². The molecule has 1 aliphatic rings. The lowest BCUT2D eigenvalue weighted by Crippen LogP contribution is -2.42. The molecule has 104 valence electrons. The van der Waals surface area contributed by atoms with E-state index in [1.807, 2.05) is 25.1 Å². The highest BCUT2D eigenvalue weighted by Crippen LogP contribution is 2.36. The fourth-order valence-corrected chi connectivity index (χ4v) is 3.01. The molecule has 2 N–H and O–H groups in total. The molecule has 1 aliphatic heterocycles. The van der Waals surface area contributed by atoms with Gasteiger partial charge in [-0.25, -0.2) is 0 Å². The molecule has 0 aliphatic carbocycles. The summed E-state index contributed by atoms with van der Waals surface area (Å²) in [6.45, 7) is 7.95. The van der Waals surface area contributed by atoms with Crippen LogP contribution in [0.4, 0.5) is 5.69 Å². The number of halogens is 1. The van der Waals surface area contributed by atoms with E-state index in [1.165, 1.54) is 0 Å². The zero-order chi connectivity index (χ0) is 14.0. The van der Waals surface area contributed by atoms with Gasteiger partial charge in [0.25, 0.3) is 0 Å². The minimum absolute atomic E-state index is 0.124. The molecule has 2 rings (SSSR count). The predicted octanol–water partition coefficient (Wildman–Crippen LogP) is 3.33. The van der Waals surface area contributed by atoms with Crippen LogP contribution in [0, 0.1) is 18.3 Å². The van der Waals surface area contributed by atoms with Crippen molar-refractivity contribution in [2.75, 3.05) is 18.4 Å². The van der Waals surface area contributed by atoms with Crippen molar-refractivity contribution < 1.29 is 4.79 Å². The molecule has 1 unspecified atom stereocenters. The molecule has 0 bridgehead atoms. The SMILES string of the molecule is Cc1cccc(NC(=O)C2(C(C)C)CCNC2)c1Br. The lowest BCUT2D eigenvalue weighted by atomic mass is 9.75. The number of carbonyl (C=O) groups excluding carboxylic acids is 1. The Labute approximate surface area is 123 Å². The summed E-state index contributed by atoms with van der Waals surface area (Å²) in [6.07, 6.45) is 0.903. The predicted molar refractivity (Wildman–Crippen MR) is 82.3 cm³/mol. The highest BCUT2D eigenvalue weighted by Gasteiger charge is 2.43. The number of nitrogens with one attached hydrogen (secondary N) is 2. The van der Waals surface area contributed by atoms with Gasteiger partial charge in [-0.15, -0.1) is 0 Å². The van der Waals surface area contributed by atoms with Crippen LogP contribution < -0.4 is 10.6 Å². The highest BCUT2D eigenvalue weighted by molar-refractivity contribution is 9.10. The summed E-state index contributed by atoms with van der Waals surface area (Å²) in [7, 11) is 0. The number of amides is 1. The Hall–Kier alpha value is -0.870. The summed E-state index contributed by atoms with van der Waals surface area (Å²) in [6, 6.07) is 5.92. The van der Waals surface area contributed by atoms with Crippen LogP contribution in [0.2, 0.25) is 0 Å². The van der Waals surface area contributed by atoms with E-state index in [9.17, 15) is 4.79 Å². The lowest BCUT2D eigenvalue weighted by molar-refractivity contribution is -0.126. The van der Waals surface area contributed by atoms with E-state index in [0.29, 0.717) is 5.92 Å². The molecule has 1 atom stereocenters. The zero-order valence-electron chi connectivity index (χ0n) is 11.7. The molecule has 19 heavy (non-hydrogen) atoms. The zero-order valence-corrected chi connectivity index (χ0v) is 13.3. The standard InChI is InChI=1S/C15H21BrN2O/c1-10(2)15(7-8-17-9-15)14(19)18-12-6-4-5-11(3)13(12)16/h4-6,10,17H,7-9H2,1-3H3,(H,18,19). The number of aryl methyl sites for hydroxylation is 1. The minimum atomic E-state index is -0.289. The Balaban J connectivity index is 2.23.